The number of anilines is 4. The largest absolute Gasteiger partial charge is 0.377 e. The molecule has 9 heteroatoms. The molecule has 0 aromatic carbocycles. The van der Waals surface area contributed by atoms with E-state index in [2.05, 4.69) is 27.3 Å². The molecule has 0 spiro atoms. The highest BCUT2D eigenvalue weighted by Gasteiger charge is 2.32. The number of fused-ring (bicyclic) bond motifs is 1. The van der Waals surface area contributed by atoms with Crippen LogP contribution < -0.4 is 15.1 Å². The maximum atomic E-state index is 13.1. The van der Waals surface area contributed by atoms with E-state index in [4.69, 9.17) is 15.1 Å². The van der Waals surface area contributed by atoms with Crippen LogP contribution in [0.5, 0.6) is 0 Å². The van der Waals surface area contributed by atoms with E-state index >= 15 is 0 Å². The summed E-state index contributed by atoms with van der Waals surface area (Å²) in [6.45, 7) is 4.82. The first-order valence-corrected chi connectivity index (χ1v) is 9.22. The minimum absolute atomic E-state index is 0.205. The second kappa shape index (κ2) is 7.51. The summed E-state index contributed by atoms with van der Waals surface area (Å²) in [6, 6.07) is 2.01. The highest BCUT2D eigenvalue weighted by molar-refractivity contribution is 5.97. The van der Waals surface area contributed by atoms with Gasteiger partial charge in [0, 0.05) is 37.5 Å². The molecular weight excluding hydrogens is 349 g/mol. The van der Waals surface area contributed by atoms with Crippen LogP contribution in [0, 0.1) is 5.41 Å². The van der Waals surface area contributed by atoms with Crippen LogP contribution in [-0.4, -0.2) is 67.0 Å². The molecular formula is C18H24FN7O. The lowest BCUT2D eigenvalue weighted by Crippen LogP contribution is -2.44. The number of rotatable bonds is 6. The molecule has 0 aliphatic carbocycles. The fourth-order valence-corrected chi connectivity index (χ4v) is 3.85. The summed E-state index contributed by atoms with van der Waals surface area (Å²) in [5.41, 5.74) is 2.68. The van der Waals surface area contributed by atoms with E-state index in [-0.39, 0.29) is 6.04 Å². The molecule has 0 unspecified atom stereocenters. The van der Waals surface area contributed by atoms with Gasteiger partial charge in [0.15, 0.2) is 0 Å². The summed E-state index contributed by atoms with van der Waals surface area (Å²) in [7, 11) is 0. The number of aromatic amines is 1. The van der Waals surface area contributed by atoms with Gasteiger partial charge in [0.1, 0.15) is 24.1 Å². The topological polar surface area (TPSA) is 93.2 Å². The third kappa shape index (κ3) is 3.23. The van der Waals surface area contributed by atoms with Crippen LogP contribution in [0.3, 0.4) is 0 Å². The van der Waals surface area contributed by atoms with E-state index in [9.17, 15) is 4.39 Å². The third-order valence-electron chi connectivity index (χ3n) is 5.12. The molecule has 2 aromatic rings. The molecule has 8 nitrogen and oxygen atoms in total. The first-order valence-electron chi connectivity index (χ1n) is 9.22. The number of ether oxygens (including phenoxy) is 1. The molecule has 0 saturated carbocycles. The van der Waals surface area contributed by atoms with Gasteiger partial charge in [-0.1, -0.05) is 0 Å². The first kappa shape index (κ1) is 17.7. The molecule has 4 rings (SSSR count). The molecule has 27 heavy (non-hydrogen) atoms. The van der Waals surface area contributed by atoms with Gasteiger partial charge in [-0.3, -0.25) is 5.10 Å². The van der Waals surface area contributed by atoms with Gasteiger partial charge in [0.05, 0.1) is 36.7 Å². The quantitative estimate of drug-likeness (QED) is 0.672. The summed E-state index contributed by atoms with van der Waals surface area (Å²) in [6.07, 6.45) is 3.75. The highest BCUT2D eigenvalue weighted by Crippen LogP contribution is 2.41. The lowest BCUT2D eigenvalue weighted by atomic mass is 10.1. The molecule has 0 radical (unpaired) electrons. The lowest BCUT2D eigenvalue weighted by molar-refractivity contribution is 0.0985. The average molecular weight is 373 g/mol. The van der Waals surface area contributed by atoms with E-state index < -0.39 is 6.67 Å². The molecule has 144 valence electrons. The maximum absolute atomic E-state index is 13.1. The predicted octanol–water partition coefficient (Wildman–Crippen LogP) is 2.10. The molecule has 1 fully saturated rings. The van der Waals surface area contributed by atoms with Crippen molar-refractivity contribution in [3.8, 4) is 0 Å². The Morgan fingerprint density at radius 2 is 2.37 bits per heavy atom. The Morgan fingerprint density at radius 1 is 1.48 bits per heavy atom. The van der Waals surface area contributed by atoms with Crippen molar-refractivity contribution < 1.29 is 9.13 Å². The second-order valence-electron chi connectivity index (χ2n) is 6.81. The predicted molar refractivity (Wildman–Crippen MR) is 104 cm³/mol. The number of H-pyrrole nitrogens is 1. The van der Waals surface area contributed by atoms with Gasteiger partial charge in [0.2, 0.25) is 0 Å². The SMILES string of the molecule is C[C@@H]1COCCN1c1nc(Nc2ccn[nH]2)c(C=N)c2c1CCN2CCF. The number of nitrogens with one attached hydrogen (secondary N) is 3. The summed E-state index contributed by atoms with van der Waals surface area (Å²) < 4.78 is 18.7. The zero-order chi connectivity index (χ0) is 18.8. The van der Waals surface area contributed by atoms with Crippen molar-refractivity contribution >= 4 is 29.4 Å². The average Bonchev–Trinajstić information content (AvgIpc) is 3.33. The summed E-state index contributed by atoms with van der Waals surface area (Å²) >= 11 is 0. The summed E-state index contributed by atoms with van der Waals surface area (Å²) in [4.78, 5) is 9.17. The Hall–Kier alpha value is -2.68. The zero-order valence-corrected chi connectivity index (χ0v) is 15.3. The van der Waals surface area contributed by atoms with Gasteiger partial charge in [-0.2, -0.15) is 5.10 Å². The fraction of sp³-hybridized carbons (Fsp3) is 0.500. The minimum Gasteiger partial charge on any atom is -0.377 e. The van der Waals surface area contributed by atoms with Crippen LogP contribution in [-0.2, 0) is 11.2 Å². The fourth-order valence-electron chi connectivity index (χ4n) is 3.85. The van der Waals surface area contributed by atoms with E-state index in [1.54, 1.807) is 12.3 Å². The van der Waals surface area contributed by atoms with Crippen LogP contribution in [0.1, 0.15) is 18.1 Å². The molecule has 0 bridgehead atoms. The number of nitrogens with zero attached hydrogens (tertiary/aromatic N) is 4. The van der Waals surface area contributed by atoms with Crippen LogP contribution in [0.2, 0.25) is 0 Å². The Balaban J connectivity index is 1.84. The van der Waals surface area contributed by atoms with Crippen LogP contribution >= 0.6 is 0 Å². The molecule has 2 aliphatic rings. The van der Waals surface area contributed by atoms with Crippen molar-refractivity contribution in [1.82, 2.24) is 15.2 Å². The Kier molecular flexibility index (Phi) is 4.93. The monoisotopic (exact) mass is 373 g/mol. The van der Waals surface area contributed by atoms with E-state index in [1.807, 2.05) is 4.90 Å². The van der Waals surface area contributed by atoms with Crippen molar-refractivity contribution in [3.05, 3.63) is 23.4 Å². The highest BCUT2D eigenvalue weighted by atomic mass is 19.1. The van der Waals surface area contributed by atoms with Crippen LogP contribution in [0.15, 0.2) is 12.3 Å². The number of aromatic nitrogens is 3. The minimum atomic E-state index is -0.425. The molecule has 1 atom stereocenters. The number of halogens is 1. The third-order valence-corrected chi connectivity index (χ3v) is 5.12. The molecule has 0 amide bonds. The van der Waals surface area contributed by atoms with Crippen LogP contribution in [0.25, 0.3) is 0 Å². The van der Waals surface area contributed by atoms with Crippen molar-refractivity contribution in [2.24, 2.45) is 0 Å². The van der Waals surface area contributed by atoms with Gasteiger partial charge in [-0.15, -0.1) is 0 Å². The number of pyridine rings is 1. The lowest BCUT2D eigenvalue weighted by Gasteiger charge is -2.36. The standard InChI is InChI=1S/C18H24FN7O/c1-12-11-27-9-8-26(12)18-13-3-6-25(7-4-19)16(13)14(10-20)17(23-18)22-15-2-5-21-24-15/h2,5,10,12,20H,3-4,6-9,11H2,1H3,(H2,21,22,23,24)/t12-/m1/s1. The number of hydrogen-bond donors (Lipinski definition) is 3. The number of hydrogen-bond acceptors (Lipinski definition) is 7. The molecule has 4 heterocycles. The Morgan fingerprint density at radius 3 is 3.07 bits per heavy atom. The Bertz CT molecular complexity index is 811. The number of alkyl halides is 1. The van der Waals surface area contributed by atoms with E-state index in [0.717, 1.165) is 36.6 Å². The number of morpholine rings is 1. The molecule has 2 aliphatic heterocycles. The maximum Gasteiger partial charge on any atom is 0.144 e. The van der Waals surface area contributed by atoms with E-state index in [1.165, 1.54) is 6.21 Å². The zero-order valence-electron chi connectivity index (χ0n) is 15.3. The van der Waals surface area contributed by atoms with Crippen molar-refractivity contribution in [3.63, 3.8) is 0 Å². The molecule has 2 aromatic heterocycles. The van der Waals surface area contributed by atoms with Gasteiger partial charge in [-0.05, 0) is 13.3 Å². The molecule has 1 saturated heterocycles. The van der Waals surface area contributed by atoms with Crippen molar-refractivity contribution in [2.75, 3.05) is 54.6 Å². The second-order valence-corrected chi connectivity index (χ2v) is 6.81. The van der Waals surface area contributed by atoms with Gasteiger partial charge >= 0.3 is 0 Å². The smallest absolute Gasteiger partial charge is 0.144 e. The van der Waals surface area contributed by atoms with Crippen LogP contribution in [0.4, 0.5) is 27.5 Å². The first-order chi connectivity index (χ1) is 13.2. The summed E-state index contributed by atoms with van der Waals surface area (Å²) in [5, 5.41) is 18.0. The van der Waals surface area contributed by atoms with Crippen molar-refractivity contribution in [2.45, 2.75) is 19.4 Å². The van der Waals surface area contributed by atoms with Crippen molar-refractivity contribution in [1.29, 1.82) is 5.41 Å². The van der Waals surface area contributed by atoms with Gasteiger partial charge < -0.3 is 25.3 Å². The summed E-state index contributed by atoms with van der Waals surface area (Å²) in [5.74, 6) is 2.17. The van der Waals surface area contributed by atoms with Gasteiger partial charge in [-0.25, -0.2) is 9.37 Å². The van der Waals surface area contributed by atoms with E-state index in [0.29, 0.717) is 37.0 Å². The Labute approximate surface area is 157 Å². The van der Waals surface area contributed by atoms with Gasteiger partial charge in [0.25, 0.3) is 0 Å². The normalized spacial score (nSPS) is 19.3. The molecule has 3 N–H and O–H groups in total.